The van der Waals surface area contributed by atoms with Crippen LogP contribution in [0.25, 0.3) is 10.4 Å². The summed E-state index contributed by atoms with van der Waals surface area (Å²) in [6, 6.07) is 14.3. The summed E-state index contributed by atoms with van der Waals surface area (Å²) in [4.78, 5) is 15.9. The highest BCUT2D eigenvalue weighted by Crippen LogP contribution is 2.30. The van der Waals surface area contributed by atoms with E-state index in [0.717, 1.165) is 32.4 Å². The molecule has 1 N–H and O–H groups in total. The number of carboxylic acid groups (broad SMARTS) is 1. The Hall–Kier alpha value is -1.65. The van der Waals surface area contributed by atoms with E-state index in [0.29, 0.717) is 0 Å². The first-order valence-electron chi connectivity index (χ1n) is 7.35. The van der Waals surface area contributed by atoms with Gasteiger partial charge in [-0.25, -0.2) is 0 Å². The van der Waals surface area contributed by atoms with Gasteiger partial charge in [0, 0.05) is 16.3 Å². The highest BCUT2D eigenvalue weighted by atomic mass is 32.1. The van der Waals surface area contributed by atoms with Gasteiger partial charge in [-0.15, -0.1) is 11.3 Å². The largest absolute Gasteiger partial charge is 0.480 e. The maximum absolute atomic E-state index is 11.3. The Morgan fingerprint density at radius 2 is 2.00 bits per heavy atom. The molecule has 4 heteroatoms. The quantitative estimate of drug-likeness (QED) is 0.932. The molecule has 3 nitrogen and oxygen atoms in total. The zero-order chi connectivity index (χ0) is 14.7. The number of thiophene rings is 1. The fourth-order valence-corrected chi connectivity index (χ4v) is 3.92. The zero-order valence-electron chi connectivity index (χ0n) is 11.9. The minimum absolute atomic E-state index is 0.318. The number of rotatable bonds is 4. The molecule has 0 spiro atoms. The number of likely N-dealkylation sites (tertiary alicyclic amines) is 1. The molecule has 1 aliphatic rings. The number of nitrogens with zero attached hydrogens (tertiary/aromatic N) is 1. The van der Waals surface area contributed by atoms with E-state index >= 15 is 0 Å². The van der Waals surface area contributed by atoms with Crippen LogP contribution >= 0.6 is 11.3 Å². The molecule has 0 bridgehead atoms. The molecule has 3 rings (SSSR count). The van der Waals surface area contributed by atoms with E-state index < -0.39 is 5.97 Å². The minimum Gasteiger partial charge on any atom is -0.480 e. The average Bonchev–Trinajstić information content (AvgIpc) is 2.97. The first kappa shape index (κ1) is 14.3. The highest BCUT2D eigenvalue weighted by molar-refractivity contribution is 7.15. The van der Waals surface area contributed by atoms with Crippen LogP contribution in [0, 0.1) is 0 Å². The molecule has 110 valence electrons. The van der Waals surface area contributed by atoms with Crippen LogP contribution in [0.15, 0.2) is 42.5 Å². The molecule has 1 aromatic heterocycles. The van der Waals surface area contributed by atoms with Gasteiger partial charge in [-0.1, -0.05) is 36.8 Å². The Morgan fingerprint density at radius 1 is 1.19 bits per heavy atom. The topological polar surface area (TPSA) is 40.5 Å². The second-order valence-electron chi connectivity index (χ2n) is 5.45. The van der Waals surface area contributed by atoms with Gasteiger partial charge in [0.2, 0.25) is 0 Å². The van der Waals surface area contributed by atoms with Gasteiger partial charge in [-0.3, -0.25) is 9.69 Å². The molecule has 1 atom stereocenters. The molecule has 1 fully saturated rings. The molecule has 1 unspecified atom stereocenters. The Bertz CT molecular complexity index is 608. The molecule has 1 saturated heterocycles. The summed E-state index contributed by atoms with van der Waals surface area (Å²) in [5.74, 6) is -0.686. The minimum atomic E-state index is -0.686. The highest BCUT2D eigenvalue weighted by Gasteiger charge is 2.28. The van der Waals surface area contributed by atoms with E-state index in [2.05, 4.69) is 29.2 Å². The van der Waals surface area contributed by atoms with E-state index in [9.17, 15) is 9.90 Å². The number of aliphatic carboxylic acids is 1. The van der Waals surface area contributed by atoms with Crippen molar-refractivity contribution in [2.75, 3.05) is 6.54 Å². The van der Waals surface area contributed by atoms with E-state index in [-0.39, 0.29) is 6.04 Å². The van der Waals surface area contributed by atoms with Gasteiger partial charge in [0.15, 0.2) is 0 Å². The van der Waals surface area contributed by atoms with Crippen LogP contribution in [0.5, 0.6) is 0 Å². The molecule has 1 aromatic carbocycles. The summed E-state index contributed by atoms with van der Waals surface area (Å²) in [5.41, 5.74) is 1.22. The Kier molecular flexibility index (Phi) is 4.36. The molecular weight excluding hydrogens is 282 g/mol. The summed E-state index contributed by atoms with van der Waals surface area (Å²) in [7, 11) is 0. The molecule has 0 amide bonds. The number of hydrogen-bond donors (Lipinski definition) is 1. The van der Waals surface area contributed by atoms with Crippen molar-refractivity contribution in [3.8, 4) is 10.4 Å². The maximum Gasteiger partial charge on any atom is 0.320 e. The Morgan fingerprint density at radius 3 is 2.76 bits per heavy atom. The predicted octanol–water partition coefficient (Wildman–Crippen LogP) is 3.85. The van der Waals surface area contributed by atoms with Crippen molar-refractivity contribution in [1.82, 2.24) is 4.90 Å². The summed E-state index contributed by atoms with van der Waals surface area (Å²) in [6.07, 6.45) is 2.89. The van der Waals surface area contributed by atoms with Crippen molar-refractivity contribution in [2.24, 2.45) is 0 Å². The van der Waals surface area contributed by atoms with Gasteiger partial charge in [0.05, 0.1) is 0 Å². The lowest BCUT2D eigenvalue weighted by Gasteiger charge is -2.32. The van der Waals surface area contributed by atoms with Crippen molar-refractivity contribution in [3.63, 3.8) is 0 Å². The van der Waals surface area contributed by atoms with Crippen LogP contribution in [-0.2, 0) is 11.3 Å². The Labute approximate surface area is 128 Å². The van der Waals surface area contributed by atoms with Crippen LogP contribution in [0.2, 0.25) is 0 Å². The van der Waals surface area contributed by atoms with Crippen LogP contribution in [-0.4, -0.2) is 28.6 Å². The van der Waals surface area contributed by atoms with Crippen molar-refractivity contribution in [3.05, 3.63) is 47.3 Å². The molecule has 21 heavy (non-hydrogen) atoms. The first-order valence-corrected chi connectivity index (χ1v) is 8.16. The number of benzene rings is 1. The molecular formula is C17H19NO2S. The maximum atomic E-state index is 11.3. The van der Waals surface area contributed by atoms with E-state index in [1.54, 1.807) is 11.3 Å². The third-order valence-electron chi connectivity index (χ3n) is 3.98. The molecule has 0 radical (unpaired) electrons. The molecule has 2 aromatic rings. The second kappa shape index (κ2) is 6.41. The number of carbonyl (C=O) groups is 1. The van der Waals surface area contributed by atoms with Crippen molar-refractivity contribution >= 4 is 17.3 Å². The first-order chi connectivity index (χ1) is 10.2. The third-order valence-corrected chi connectivity index (χ3v) is 5.10. The lowest BCUT2D eigenvalue weighted by molar-refractivity contribution is -0.144. The van der Waals surface area contributed by atoms with E-state index in [4.69, 9.17) is 0 Å². The van der Waals surface area contributed by atoms with Gasteiger partial charge in [-0.05, 0) is 37.1 Å². The molecule has 2 heterocycles. The molecule has 1 aliphatic heterocycles. The number of hydrogen-bond acceptors (Lipinski definition) is 3. The summed E-state index contributed by atoms with van der Waals surface area (Å²) in [5, 5.41) is 9.33. The SMILES string of the molecule is O=C(O)C1CCCCN1Cc1ccc(-c2ccccc2)s1. The van der Waals surface area contributed by atoms with Gasteiger partial charge in [-0.2, -0.15) is 0 Å². The molecule has 0 aliphatic carbocycles. The summed E-state index contributed by atoms with van der Waals surface area (Å²) < 4.78 is 0. The fraction of sp³-hybridized carbons (Fsp3) is 0.353. The average molecular weight is 301 g/mol. The van der Waals surface area contributed by atoms with E-state index in [1.807, 2.05) is 18.2 Å². The third kappa shape index (κ3) is 3.34. The monoisotopic (exact) mass is 301 g/mol. The smallest absolute Gasteiger partial charge is 0.320 e. The molecule has 0 saturated carbocycles. The van der Waals surface area contributed by atoms with Crippen LogP contribution in [0.4, 0.5) is 0 Å². The normalized spacial score (nSPS) is 19.5. The van der Waals surface area contributed by atoms with Gasteiger partial charge in [0.1, 0.15) is 6.04 Å². The van der Waals surface area contributed by atoms with Gasteiger partial charge in [0.25, 0.3) is 0 Å². The number of piperidine rings is 1. The summed E-state index contributed by atoms with van der Waals surface area (Å²) in [6.45, 7) is 1.63. The lowest BCUT2D eigenvalue weighted by atomic mass is 10.0. The Balaban J connectivity index is 1.73. The zero-order valence-corrected chi connectivity index (χ0v) is 12.7. The van der Waals surface area contributed by atoms with Crippen molar-refractivity contribution in [1.29, 1.82) is 0 Å². The predicted molar refractivity (Wildman–Crippen MR) is 85.4 cm³/mol. The van der Waals surface area contributed by atoms with Crippen LogP contribution in [0.1, 0.15) is 24.1 Å². The van der Waals surface area contributed by atoms with Crippen LogP contribution in [0.3, 0.4) is 0 Å². The van der Waals surface area contributed by atoms with Crippen molar-refractivity contribution < 1.29 is 9.90 Å². The van der Waals surface area contributed by atoms with Gasteiger partial charge < -0.3 is 5.11 Å². The lowest BCUT2D eigenvalue weighted by Crippen LogP contribution is -2.43. The standard InChI is InChI=1S/C17H19NO2S/c19-17(20)15-8-4-5-11-18(15)12-14-9-10-16(21-14)13-6-2-1-3-7-13/h1-3,6-7,9-10,15H,4-5,8,11-12H2,(H,19,20). The van der Waals surface area contributed by atoms with E-state index in [1.165, 1.54) is 15.3 Å². The number of carboxylic acids is 1. The van der Waals surface area contributed by atoms with Gasteiger partial charge >= 0.3 is 5.97 Å². The van der Waals surface area contributed by atoms with Crippen molar-refractivity contribution in [2.45, 2.75) is 31.8 Å². The second-order valence-corrected chi connectivity index (χ2v) is 6.62. The summed E-state index contributed by atoms with van der Waals surface area (Å²) >= 11 is 1.76. The fourth-order valence-electron chi connectivity index (χ4n) is 2.88. The van der Waals surface area contributed by atoms with Crippen LogP contribution < -0.4 is 0 Å².